The van der Waals surface area contributed by atoms with Crippen LogP contribution in [0.25, 0.3) is 0 Å². The molecule has 2 unspecified atom stereocenters. The predicted octanol–water partition coefficient (Wildman–Crippen LogP) is 6.18. The summed E-state index contributed by atoms with van der Waals surface area (Å²) in [7, 11) is 0. The van der Waals surface area contributed by atoms with Crippen LogP contribution in [0, 0.1) is 30.1 Å². The number of hydrogen-bond donors (Lipinski definition) is 3. The molecule has 4 nitrogen and oxygen atoms in total. The van der Waals surface area contributed by atoms with Crippen LogP contribution in [0.5, 0.6) is 0 Å². The van der Waals surface area contributed by atoms with E-state index in [0.717, 1.165) is 41.1 Å². The number of hydrogen-bond acceptors (Lipinski definition) is 5. The maximum absolute atomic E-state index is 11.1. The summed E-state index contributed by atoms with van der Waals surface area (Å²) in [5.74, 6) is 1.60. The van der Waals surface area contributed by atoms with Gasteiger partial charge < -0.3 is 15.3 Å². The van der Waals surface area contributed by atoms with E-state index in [2.05, 4.69) is 55.1 Å². The van der Waals surface area contributed by atoms with Gasteiger partial charge in [-0.25, -0.2) is 4.98 Å². The molecule has 1 aromatic rings. The minimum Gasteiger partial charge on any atom is -0.393 e. The molecule has 0 spiro atoms. The zero-order chi connectivity index (χ0) is 25.7. The van der Waals surface area contributed by atoms with Gasteiger partial charge in [-0.2, -0.15) is 0 Å². The molecule has 3 N–H and O–H groups in total. The fraction of sp³-hybridized carbons (Fsp3) is 0.645. The quantitative estimate of drug-likeness (QED) is 0.401. The molecule has 7 atom stereocenters. The summed E-state index contributed by atoms with van der Waals surface area (Å²) in [5, 5.41) is 34.6. The molecule has 0 amide bonds. The Morgan fingerprint density at radius 1 is 1.17 bits per heavy atom. The molecular formula is C31H43NO3S. The summed E-state index contributed by atoms with van der Waals surface area (Å²) < 4.78 is 0. The molecule has 1 heterocycles. The van der Waals surface area contributed by atoms with E-state index in [9.17, 15) is 15.3 Å². The van der Waals surface area contributed by atoms with Gasteiger partial charge in [-0.3, -0.25) is 0 Å². The topological polar surface area (TPSA) is 73.6 Å². The van der Waals surface area contributed by atoms with Crippen LogP contribution in [0.15, 0.2) is 53.0 Å². The fourth-order valence-corrected chi connectivity index (χ4v) is 8.65. The second-order valence-electron chi connectivity index (χ2n) is 12.3. The van der Waals surface area contributed by atoms with Crippen LogP contribution in [0.3, 0.4) is 0 Å². The van der Waals surface area contributed by atoms with Crippen molar-refractivity contribution >= 4 is 11.3 Å². The second-order valence-corrected chi connectivity index (χ2v) is 13.2. The van der Waals surface area contributed by atoms with E-state index in [1.54, 1.807) is 11.3 Å². The van der Waals surface area contributed by atoms with Crippen molar-refractivity contribution < 1.29 is 15.3 Å². The largest absolute Gasteiger partial charge is 0.393 e. The van der Waals surface area contributed by atoms with Gasteiger partial charge >= 0.3 is 0 Å². The number of aliphatic hydroxyl groups is 3. The lowest BCUT2D eigenvalue weighted by molar-refractivity contribution is 0.0862. The van der Waals surface area contributed by atoms with Gasteiger partial charge in [0.2, 0.25) is 0 Å². The van der Waals surface area contributed by atoms with E-state index in [0.29, 0.717) is 30.6 Å². The van der Waals surface area contributed by atoms with Crippen molar-refractivity contribution in [1.82, 2.24) is 4.98 Å². The fourth-order valence-electron chi connectivity index (χ4n) is 7.56. The van der Waals surface area contributed by atoms with Crippen LogP contribution < -0.4 is 0 Å². The molecule has 0 saturated heterocycles. The van der Waals surface area contributed by atoms with Crippen molar-refractivity contribution in [1.29, 1.82) is 0 Å². The van der Waals surface area contributed by atoms with Gasteiger partial charge in [0, 0.05) is 17.5 Å². The van der Waals surface area contributed by atoms with E-state index in [-0.39, 0.29) is 10.8 Å². The summed E-state index contributed by atoms with van der Waals surface area (Å²) in [6, 6.07) is 0. The van der Waals surface area contributed by atoms with Crippen molar-refractivity contribution in [3.63, 3.8) is 0 Å². The van der Waals surface area contributed by atoms with Crippen LogP contribution in [-0.4, -0.2) is 38.6 Å². The van der Waals surface area contributed by atoms with Crippen molar-refractivity contribution in [3.8, 4) is 0 Å². The average molecular weight is 510 g/mol. The molecule has 196 valence electrons. The van der Waals surface area contributed by atoms with Gasteiger partial charge in [0.25, 0.3) is 0 Å². The Kier molecular flexibility index (Phi) is 7.23. The third-order valence-corrected chi connectivity index (χ3v) is 11.1. The highest BCUT2D eigenvalue weighted by molar-refractivity contribution is 7.09. The predicted molar refractivity (Wildman–Crippen MR) is 147 cm³/mol. The molecule has 0 aliphatic heterocycles. The molecule has 4 aliphatic rings. The smallest absolute Gasteiger partial charge is 0.102 e. The summed E-state index contributed by atoms with van der Waals surface area (Å²) >= 11 is 1.69. The lowest BCUT2D eigenvalue weighted by atomic mass is 9.61. The van der Waals surface area contributed by atoms with Gasteiger partial charge in [0.05, 0.1) is 23.7 Å². The van der Waals surface area contributed by atoms with Gasteiger partial charge in [0.1, 0.15) is 5.01 Å². The zero-order valence-electron chi connectivity index (χ0n) is 22.1. The highest BCUT2D eigenvalue weighted by Gasteiger charge is 2.53. The van der Waals surface area contributed by atoms with Crippen LogP contribution in [0.4, 0.5) is 0 Å². The molecule has 4 aliphatic carbocycles. The average Bonchev–Trinajstić information content (AvgIpc) is 3.41. The number of thiazole rings is 1. The number of fused-ring (bicyclic) bond motifs is 1. The van der Waals surface area contributed by atoms with Crippen molar-refractivity contribution in [2.45, 2.75) is 102 Å². The normalized spacial score (nSPS) is 38.0. The molecule has 1 aromatic heterocycles. The van der Waals surface area contributed by atoms with Crippen LogP contribution in [0.2, 0.25) is 0 Å². The van der Waals surface area contributed by atoms with E-state index < -0.39 is 18.3 Å². The molecule has 0 aromatic carbocycles. The first-order valence-electron chi connectivity index (χ1n) is 13.9. The lowest BCUT2D eigenvalue weighted by Crippen LogP contribution is -2.35. The molecule has 0 bridgehead atoms. The van der Waals surface area contributed by atoms with Gasteiger partial charge in [-0.05, 0) is 92.6 Å². The molecule has 4 fully saturated rings. The molecule has 36 heavy (non-hydrogen) atoms. The molecule has 5 rings (SSSR count). The van der Waals surface area contributed by atoms with Crippen LogP contribution in [0.1, 0.15) is 82.3 Å². The Labute approximate surface area is 220 Å². The SMILES string of the molecule is C=C1/C(=C\C=C2/CCC[C@@]3(C)C2CC[C@@H]3[C@H](C)/C=C/C(O)C2(c3nc(C)cs3)CC2)C[C@@H](O)C[C@@H]1O. The maximum Gasteiger partial charge on any atom is 0.102 e. The highest BCUT2D eigenvalue weighted by atomic mass is 32.1. The van der Waals surface area contributed by atoms with E-state index in [4.69, 9.17) is 0 Å². The third kappa shape index (κ3) is 4.73. The number of nitrogens with zero attached hydrogens (tertiary/aromatic N) is 1. The number of aromatic nitrogens is 1. The van der Waals surface area contributed by atoms with Gasteiger partial charge in [-0.15, -0.1) is 11.3 Å². The van der Waals surface area contributed by atoms with Gasteiger partial charge in [-0.1, -0.05) is 50.3 Å². The van der Waals surface area contributed by atoms with Crippen LogP contribution in [-0.2, 0) is 5.41 Å². The monoisotopic (exact) mass is 509 g/mol. The summed E-state index contributed by atoms with van der Waals surface area (Å²) in [5.41, 5.74) is 4.43. The first kappa shape index (κ1) is 26.1. The molecule has 0 radical (unpaired) electrons. The molecule has 5 heteroatoms. The maximum atomic E-state index is 11.1. The van der Waals surface area contributed by atoms with E-state index in [1.807, 2.05) is 6.92 Å². The Balaban J connectivity index is 1.29. The Bertz CT molecular complexity index is 1080. The number of aliphatic hydroxyl groups excluding tert-OH is 3. The first-order chi connectivity index (χ1) is 17.1. The number of allylic oxidation sites excluding steroid dienone is 4. The standard InChI is InChI=1S/C31H43NO3S/c1-19(7-12-28(35)31(14-15-31)29-32-20(2)18-36-29)25-10-11-26-22(6-5-13-30(25,26)4)8-9-23-16-24(33)17-27(34)21(23)3/h7-9,12,18-19,24-28,33-35H,3,5-6,10-11,13-17H2,1-2,4H3/b12-7+,22-8+,23-9-/t19-,24-,25-,26?,27+,28?,30-/m1/s1. The minimum atomic E-state index is -0.636. The van der Waals surface area contributed by atoms with E-state index >= 15 is 0 Å². The minimum absolute atomic E-state index is 0.157. The Hall–Kier alpha value is -1.53. The van der Waals surface area contributed by atoms with E-state index in [1.165, 1.54) is 31.3 Å². The van der Waals surface area contributed by atoms with Crippen molar-refractivity contribution in [2.24, 2.45) is 23.2 Å². The first-order valence-corrected chi connectivity index (χ1v) is 14.8. The molecular weight excluding hydrogens is 466 g/mol. The van der Waals surface area contributed by atoms with Gasteiger partial charge in [0.15, 0.2) is 0 Å². The second kappa shape index (κ2) is 9.98. The number of rotatable bonds is 6. The van der Waals surface area contributed by atoms with Crippen molar-refractivity contribution in [2.75, 3.05) is 0 Å². The number of aryl methyl sites for hydroxylation is 1. The highest BCUT2D eigenvalue weighted by Crippen LogP contribution is 2.60. The lowest BCUT2D eigenvalue weighted by Gasteiger charge is -2.44. The van der Waals surface area contributed by atoms with Crippen LogP contribution >= 0.6 is 11.3 Å². The summed E-state index contributed by atoms with van der Waals surface area (Å²) in [4.78, 5) is 4.69. The Morgan fingerprint density at radius 3 is 2.64 bits per heavy atom. The van der Waals surface area contributed by atoms with Crippen molar-refractivity contribution in [3.05, 3.63) is 63.7 Å². The summed E-state index contributed by atoms with van der Waals surface area (Å²) in [6.45, 7) is 10.9. The Morgan fingerprint density at radius 2 is 1.94 bits per heavy atom. The third-order valence-electron chi connectivity index (χ3n) is 9.93. The zero-order valence-corrected chi connectivity index (χ0v) is 22.9. The molecule has 4 saturated carbocycles. The summed E-state index contributed by atoms with van der Waals surface area (Å²) in [6.07, 6.45) is 16.2.